The Balaban J connectivity index is 1.95. The van der Waals surface area contributed by atoms with Gasteiger partial charge in [-0.1, -0.05) is 0 Å². The molecule has 1 saturated heterocycles. The number of primary amides is 1. The Kier molecular flexibility index (Phi) is 4.74. The van der Waals surface area contributed by atoms with Crippen molar-refractivity contribution >= 4 is 28.2 Å². The standard InChI is InChI=1S/C13H19N3O3S/c1-8-7-19-9(2)5-16(8)6-11(17)15-13-10(12(14)18)3-4-20-13/h3-4,8-9H,5-7H2,1-2H3,(H2,14,18)(H,15,17). The highest BCUT2D eigenvalue weighted by molar-refractivity contribution is 7.14. The number of morpholine rings is 1. The third-order valence-corrected chi connectivity index (χ3v) is 4.10. The van der Waals surface area contributed by atoms with E-state index in [9.17, 15) is 9.59 Å². The Bertz CT molecular complexity index is 503. The summed E-state index contributed by atoms with van der Waals surface area (Å²) in [6.45, 7) is 5.65. The molecular weight excluding hydrogens is 278 g/mol. The van der Waals surface area contributed by atoms with E-state index in [4.69, 9.17) is 10.5 Å². The van der Waals surface area contributed by atoms with Crippen LogP contribution in [0.15, 0.2) is 11.4 Å². The number of hydrogen-bond acceptors (Lipinski definition) is 5. The van der Waals surface area contributed by atoms with E-state index in [-0.39, 0.29) is 24.6 Å². The summed E-state index contributed by atoms with van der Waals surface area (Å²) in [6.07, 6.45) is 0.127. The number of rotatable bonds is 4. The molecule has 0 bridgehead atoms. The number of hydrogen-bond donors (Lipinski definition) is 2. The van der Waals surface area contributed by atoms with E-state index < -0.39 is 5.91 Å². The number of carbonyl (C=O) groups excluding carboxylic acids is 2. The molecule has 1 aliphatic heterocycles. The molecule has 110 valence electrons. The van der Waals surface area contributed by atoms with Crippen LogP contribution in [-0.2, 0) is 9.53 Å². The van der Waals surface area contributed by atoms with Crippen molar-refractivity contribution in [1.29, 1.82) is 0 Å². The van der Waals surface area contributed by atoms with Crippen molar-refractivity contribution in [3.63, 3.8) is 0 Å². The molecule has 1 aromatic rings. The van der Waals surface area contributed by atoms with Crippen molar-refractivity contribution in [1.82, 2.24) is 4.90 Å². The third kappa shape index (κ3) is 3.56. The number of anilines is 1. The van der Waals surface area contributed by atoms with Crippen LogP contribution in [0.2, 0.25) is 0 Å². The average Bonchev–Trinajstić information content (AvgIpc) is 2.82. The quantitative estimate of drug-likeness (QED) is 0.864. The molecule has 2 atom stereocenters. The van der Waals surface area contributed by atoms with Crippen LogP contribution in [0.25, 0.3) is 0 Å². The zero-order valence-electron chi connectivity index (χ0n) is 11.6. The van der Waals surface area contributed by atoms with Gasteiger partial charge >= 0.3 is 0 Å². The van der Waals surface area contributed by atoms with E-state index in [2.05, 4.69) is 10.2 Å². The first-order valence-corrected chi connectivity index (χ1v) is 7.38. The second-order valence-electron chi connectivity index (χ2n) is 5.00. The summed E-state index contributed by atoms with van der Waals surface area (Å²) in [7, 11) is 0. The lowest BCUT2D eigenvalue weighted by atomic mass is 10.2. The number of amides is 2. The Morgan fingerprint density at radius 3 is 3.00 bits per heavy atom. The topological polar surface area (TPSA) is 84.7 Å². The molecular formula is C13H19N3O3S. The smallest absolute Gasteiger partial charge is 0.251 e. The Hall–Kier alpha value is -1.44. The van der Waals surface area contributed by atoms with Crippen LogP contribution in [0.3, 0.4) is 0 Å². The van der Waals surface area contributed by atoms with Crippen LogP contribution < -0.4 is 11.1 Å². The van der Waals surface area contributed by atoms with Crippen LogP contribution in [-0.4, -0.2) is 48.6 Å². The van der Waals surface area contributed by atoms with E-state index in [1.807, 2.05) is 13.8 Å². The van der Waals surface area contributed by atoms with E-state index in [1.165, 1.54) is 11.3 Å². The number of ether oxygens (including phenoxy) is 1. The van der Waals surface area contributed by atoms with Gasteiger partial charge < -0.3 is 15.8 Å². The average molecular weight is 297 g/mol. The molecule has 2 heterocycles. The van der Waals surface area contributed by atoms with Gasteiger partial charge in [0.25, 0.3) is 5.91 Å². The molecule has 0 saturated carbocycles. The van der Waals surface area contributed by atoms with Gasteiger partial charge in [0.05, 0.1) is 24.8 Å². The van der Waals surface area contributed by atoms with E-state index in [0.29, 0.717) is 17.2 Å². The molecule has 2 rings (SSSR count). The lowest BCUT2D eigenvalue weighted by Gasteiger charge is -2.36. The predicted molar refractivity (Wildman–Crippen MR) is 77.9 cm³/mol. The van der Waals surface area contributed by atoms with Gasteiger partial charge in [0, 0.05) is 12.6 Å². The summed E-state index contributed by atoms with van der Waals surface area (Å²) in [4.78, 5) is 25.3. The maximum Gasteiger partial charge on any atom is 0.251 e. The maximum atomic E-state index is 12.1. The van der Waals surface area contributed by atoms with Gasteiger partial charge in [0.1, 0.15) is 5.00 Å². The molecule has 3 N–H and O–H groups in total. The van der Waals surface area contributed by atoms with Crippen molar-refractivity contribution < 1.29 is 14.3 Å². The van der Waals surface area contributed by atoms with E-state index >= 15 is 0 Å². The number of nitrogens with one attached hydrogen (secondary N) is 1. The molecule has 0 spiro atoms. The Morgan fingerprint density at radius 2 is 2.30 bits per heavy atom. The third-order valence-electron chi connectivity index (χ3n) is 3.27. The highest BCUT2D eigenvalue weighted by Gasteiger charge is 2.25. The fourth-order valence-electron chi connectivity index (χ4n) is 2.14. The van der Waals surface area contributed by atoms with E-state index in [1.54, 1.807) is 11.4 Å². The van der Waals surface area contributed by atoms with Gasteiger partial charge in [0.2, 0.25) is 5.91 Å². The highest BCUT2D eigenvalue weighted by Crippen LogP contribution is 2.22. The lowest BCUT2D eigenvalue weighted by Crippen LogP contribution is -2.50. The highest BCUT2D eigenvalue weighted by atomic mass is 32.1. The van der Waals surface area contributed by atoms with Crippen molar-refractivity contribution in [2.45, 2.75) is 26.0 Å². The number of nitrogens with zero attached hydrogens (tertiary/aromatic N) is 1. The minimum Gasteiger partial charge on any atom is -0.376 e. The van der Waals surface area contributed by atoms with Gasteiger partial charge in [-0.15, -0.1) is 11.3 Å². The van der Waals surface area contributed by atoms with Gasteiger partial charge in [-0.25, -0.2) is 0 Å². The molecule has 2 unspecified atom stereocenters. The van der Waals surface area contributed by atoms with Crippen molar-refractivity contribution in [2.75, 3.05) is 25.0 Å². The minimum absolute atomic E-state index is 0.127. The van der Waals surface area contributed by atoms with Gasteiger partial charge in [0.15, 0.2) is 0 Å². The fraction of sp³-hybridized carbons (Fsp3) is 0.538. The molecule has 1 fully saturated rings. The number of nitrogens with two attached hydrogens (primary N) is 1. The van der Waals surface area contributed by atoms with E-state index in [0.717, 1.165) is 6.54 Å². The summed E-state index contributed by atoms with van der Waals surface area (Å²) < 4.78 is 5.53. The monoisotopic (exact) mass is 297 g/mol. The van der Waals surface area contributed by atoms with Crippen molar-refractivity contribution in [2.24, 2.45) is 5.73 Å². The number of carbonyl (C=O) groups is 2. The molecule has 0 aromatic carbocycles. The normalized spacial score (nSPS) is 23.5. The van der Waals surface area contributed by atoms with Crippen LogP contribution in [0.5, 0.6) is 0 Å². The molecule has 1 aliphatic rings. The zero-order chi connectivity index (χ0) is 14.7. The molecule has 7 heteroatoms. The first-order chi connectivity index (χ1) is 9.47. The van der Waals surface area contributed by atoms with Crippen LogP contribution >= 0.6 is 11.3 Å². The summed E-state index contributed by atoms with van der Waals surface area (Å²) in [6, 6.07) is 1.82. The van der Waals surface area contributed by atoms with Crippen LogP contribution in [0, 0.1) is 0 Å². The summed E-state index contributed by atoms with van der Waals surface area (Å²) in [5.41, 5.74) is 5.60. The van der Waals surface area contributed by atoms with Crippen molar-refractivity contribution in [3.8, 4) is 0 Å². The summed E-state index contributed by atoms with van der Waals surface area (Å²) in [5.74, 6) is -0.675. The SMILES string of the molecule is CC1CN(CC(=O)Nc2sccc2C(N)=O)C(C)CO1. The second-order valence-corrected chi connectivity index (χ2v) is 5.91. The molecule has 0 radical (unpaired) electrons. The second kappa shape index (κ2) is 6.34. The predicted octanol–water partition coefficient (Wildman–Crippen LogP) is 0.895. The molecule has 20 heavy (non-hydrogen) atoms. The molecule has 1 aromatic heterocycles. The lowest BCUT2D eigenvalue weighted by molar-refractivity contribution is -0.121. The first kappa shape index (κ1) is 15.0. The summed E-state index contributed by atoms with van der Waals surface area (Å²) >= 11 is 1.29. The van der Waals surface area contributed by atoms with Crippen LogP contribution in [0.4, 0.5) is 5.00 Å². The van der Waals surface area contributed by atoms with Gasteiger partial charge in [-0.2, -0.15) is 0 Å². The minimum atomic E-state index is -0.532. The Labute approximate surface area is 121 Å². The molecule has 2 amide bonds. The van der Waals surface area contributed by atoms with Crippen molar-refractivity contribution in [3.05, 3.63) is 17.0 Å². The zero-order valence-corrected chi connectivity index (χ0v) is 12.4. The van der Waals surface area contributed by atoms with Gasteiger partial charge in [-0.3, -0.25) is 14.5 Å². The molecule has 0 aliphatic carbocycles. The summed E-state index contributed by atoms with van der Waals surface area (Å²) in [5, 5.41) is 4.99. The largest absolute Gasteiger partial charge is 0.376 e. The number of thiophene rings is 1. The first-order valence-electron chi connectivity index (χ1n) is 6.50. The maximum absolute atomic E-state index is 12.1. The van der Waals surface area contributed by atoms with Crippen LogP contribution in [0.1, 0.15) is 24.2 Å². The molecule has 6 nitrogen and oxygen atoms in total. The Morgan fingerprint density at radius 1 is 1.55 bits per heavy atom. The fourth-order valence-corrected chi connectivity index (χ4v) is 2.95. The van der Waals surface area contributed by atoms with Gasteiger partial charge in [-0.05, 0) is 25.3 Å².